The molecule has 3 aliphatic rings. The zero-order chi connectivity index (χ0) is 10.4. The molecule has 0 aromatic carbocycles. The highest BCUT2D eigenvalue weighted by molar-refractivity contribution is 6.35. The summed E-state index contributed by atoms with van der Waals surface area (Å²) in [5.41, 5.74) is 0. The summed E-state index contributed by atoms with van der Waals surface area (Å²) in [5, 5.41) is 5.72. The summed E-state index contributed by atoms with van der Waals surface area (Å²) in [6, 6.07) is 0.394. The monoisotopic (exact) mass is 208 g/mol. The van der Waals surface area contributed by atoms with Crippen LogP contribution >= 0.6 is 0 Å². The van der Waals surface area contributed by atoms with Gasteiger partial charge in [0.1, 0.15) is 0 Å². The fourth-order valence-electron chi connectivity index (χ4n) is 3.11. The third-order valence-electron chi connectivity index (χ3n) is 4.03. The predicted octanol–water partition coefficient (Wildman–Crippen LogP) is 0.180. The van der Waals surface area contributed by atoms with E-state index in [1.807, 2.05) is 0 Å². The van der Waals surface area contributed by atoms with Gasteiger partial charge in [0.05, 0.1) is 6.04 Å². The van der Waals surface area contributed by atoms with Gasteiger partial charge < -0.3 is 10.6 Å². The lowest BCUT2D eigenvalue weighted by Crippen LogP contribution is -2.62. The van der Waals surface area contributed by atoms with E-state index in [9.17, 15) is 9.59 Å². The molecule has 82 valence electrons. The van der Waals surface area contributed by atoms with Crippen molar-refractivity contribution in [3.63, 3.8) is 0 Å². The normalized spacial score (nSPS) is 44.0. The van der Waals surface area contributed by atoms with Crippen LogP contribution in [-0.2, 0) is 9.59 Å². The minimum atomic E-state index is -0.450. The van der Waals surface area contributed by atoms with Crippen molar-refractivity contribution in [2.75, 3.05) is 0 Å². The Morgan fingerprint density at radius 2 is 1.73 bits per heavy atom. The number of amides is 2. The molecule has 1 saturated heterocycles. The summed E-state index contributed by atoms with van der Waals surface area (Å²) in [7, 11) is 0. The number of carbonyl (C=O) groups excluding carboxylic acids is 2. The number of carbonyl (C=O) groups is 2. The Kier molecular flexibility index (Phi) is 1.97. The lowest BCUT2D eigenvalue weighted by Gasteiger charge is -2.34. The fraction of sp³-hybridized carbons (Fsp3) is 0.818. The van der Waals surface area contributed by atoms with Gasteiger partial charge in [0.2, 0.25) is 0 Å². The minimum absolute atomic E-state index is 0.186. The Hall–Kier alpha value is -1.06. The molecule has 0 bridgehead atoms. The summed E-state index contributed by atoms with van der Waals surface area (Å²) >= 11 is 0. The third-order valence-corrected chi connectivity index (χ3v) is 4.03. The second-order valence-electron chi connectivity index (χ2n) is 5.02. The molecule has 0 aromatic rings. The van der Waals surface area contributed by atoms with Gasteiger partial charge >= 0.3 is 11.8 Å². The van der Waals surface area contributed by atoms with E-state index in [2.05, 4.69) is 10.6 Å². The molecule has 1 aliphatic heterocycles. The number of piperazine rings is 1. The molecule has 2 aliphatic carbocycles. The smallest absolute Gasteiger partial charge is 0.309 e. The van der Waals surface area contributed by atoms with Gasteiger partial charge in [-0.25, -0.2) is 0 Å². The van der Waals surface area contributed by atoms with Crippen molar-refractivity contribution in [1.82, 2.24) is 10.6 Å². The molecular formula is C11H16N2O2. The highest BCUT2D eigenvalue weighted by atomic mass is 16.2. The Bertz CT molecular complexity index is 316. The number of hydrogen-bond donors (Lipinski definition) is 2. The average molecular weight is 208 g/mol. The maximum Gasteiger partial charge on any atom is 0.309 e. The second-order valence-corrected chi connectivity index (χ2v) is 5.02. The maximum atomic E-state index is 11.3. The summed E-state index contributed by atoms with van der Waals surface area (Å²) in [4.78, 5) is 22.5. The fourth-order valence-corrected chi connectivity index (χ4v) is 3.11. The zero-order valence-electron chi connectivity index (χ0n) is 8.66. The molecule has 4 nitrogen and oxygen atoms in total. The van der Waals surface area contributed by atoms with Crippen LogP contribution in [0.1, 0.15) is 32.1 Å². The molecule has 2 N–H and O–H groups in total. The Labute approximate surface area is 88.8 Å². The topological polar surface area (TPSA) is 58.2 Å². The van der Waals surface area contributed by atoms with Crippen LogP contribution in [0, 0.1) is 11.8 Å². The molecule has 1 heterocycles. The van der Waals surface area contributed by atoms with E-state index in [0.29, 0.717) is 5.92 Å². The van der Waals surface area contributed by atoms with E-state index in [0.717, 1.165) is 12.3 Å². The van der Waals surface area contributed by atoms with E-state index in [4.69, 9.17) is 0 Å². The first-order chi connectivity index (χ1) is 7.25. The quantitative estimate of drug-likeness (QED) is 0.558. The molecular weight excluding hydrogens is 192 g/mol. The van der Waals surface area contributed by atoms with Gasteiger partial charge in [-0.15, -0.1) is 0 Å². The van der Waals surface area contributed by atoms with Crippen molar-refractivity contribution in [2.24, 2.45) is 11.8 Å². The highest BCUT2D eigenvalue weighted by Crippen LogP contribution is 2.47. The van der Waals surface area contributed by atoms with Crippen LogP contribution in [-0.4, -0.2) is 23.9 Å². The molecule has 15 heavy (non-hydrogen) atoms. The SMILES string of the molecule is O=C1NC2CCCCC3CC3C2NC1=O. The minimum Gasteiger partial charge on any atom is -0.343 e. The standard InChI is InChI=1S/C11H16N2O2/c14-10-11(15)13-9-7-5-6(7)3-1-2-4-8(9)12-10/h6-9H,1-5H2,(H,12,14)(H,13,15). The van der Waals surface area contributed by atoms with E-state index in [-0.39, 0.29) is 12.1 Å². The predicted molar refractivity (Wildman–Crippen MR) is 53.9 cm³/mol. The van der Waals surface area contributed by atoms with Gasteiger partial charge in [-0.2, -0.15) is 0 Å². The molecule has 4 heteroatoms. The van der Waals surface area contributed by atoms with Crippen LogP contribution in [0.2, 0.25) is 0 Å². The first kappa shape index (κ1) is 9.19. The summed E-state index contributed by atoms with van der Waals surface area (Å²) in [6.07, 6.45) is 5.99. The van der Waals surface area contributed by atoms with Gasteiger partial charge in [0, 0.05) is 6.04 Å². The first-order valence-corrected chi connectivity index (χ1v) is 5.87. The molecule has 0 spiro atoms. The van der Waals surface area contributed by atoms with Crippen molar-refractivity contribution >= 4 is 11.8 Å². The molecule has 3 rings (SSSR count). The van der Waals surface area contributed by atoms with E-state index >= 15 is 0 Å². The Morgan fingerprint density at radius 1 is 1.00 bits per heavy atom. The lowest BCUT2D eigenvalue weighted by molar-refractivity contribution is -0.142. The van der Waals surface area contributed by atoms with Crippen LogP contribution in [0.5, 0.6) is 0 Å². The van der Waals surface area contributed by atoms with E-state index in [1.165, 1.54) is 25.7 Å². The van der Waals surface area contributed by atoms with Gasteiger partial charge in [0.25, 0.3) is 0 Å². The Balaban J connectivity index is 1.78. The maximum absolute atomic E-state index is 11.3. The number of hydrogen-bond acceptors (Lipinski definition) is 2. The van der Waals surface area contributed by atoms with Gasteiger partial charge in [-0.05, 0) is 24.7 Å². The number of rotatable bonds is 0. The summed E-state index contributed by atoms with van der Waals surface area (Å²) < 4.78 is 0. The zero-order valence-corrected chi connectivity index (χ0v) is 8.66. The van der Waals surface area contributed by atoms with Crippen LogP contribution in [0.15, 0.2) is 0 Å². The lowest BCUT2D eigenvalue weighted by atomic mass is 9.90. The molecule has 4 unspecified atom stereocenters. The van der Waals surface area contributed by atoms with Crippen molar-refractivity contribution in [2.45, 2.75) is 44.2 Å². The molecule has 3 fully saturated rings. The second kappa shape index (κ2) is 3.22. The largest absolute Gasteiger partial charge is 0.343 e. The van der Waals surface area contributed by atoms with Crippen LogP contribution < -0.4 is 10.6 Å². The molecule has 4 atom stereocenters. The van der Waals surface area contributed by atoms with Gasteiger partial charge in [0.15, 0.2) is 0 Å². The number of nitrogens with one attached hydrogen (secondary N) is 2. The van der Waals surface area contributed by atoms with Crippen LogP contribution in [0.3, 0.4) is 0 Å². The third kappa shape index (κ3) is 1.52. The van der Waals surface area contributed by atoms with Crippen molar-refractivity contribution in [1.29, 1.82) is 0 Å². The van der Waals surface area contributed by atoms with Crippen molar-refractivity contribution < 1.29 is 9.59 Å². The van der Waals surface area contributed by atoms with Gasteiger partial charge in [-0.3, -0.25) is 9.59 Å². The average Bonchev–Trinajstić information content (AvgIpc) is 2.93. The van der Waals surface area contributed by atoms with Crippen LogP contribution in [0.25, 0.3) is 0 Å². The highest BCUT2D eigenvalue weighted by Gasteiger charge is 2.49. The van der Waals surface area contributed by atoms with Gasteiger partial charge in [-0.1, -0.05) is 19.3 Å². The molecule has 2 amide bonds. The first-order valence-electron chi connectivity index (χ1n) is 5.87. The van der Waals surface area contributed by atoms with E-state index in [1.54, 1.807) is 0 Å². The molecule has 0 aromatic heterocycles. The summed E-state index contributed by atoms with van der Waals surface area (Å²) in [6.45, 7) is 0. The molecule has 2 saturated carbocycles. The van der Waals surface area contributed by atoms with Crippen LogP contribution in [0.4, 0.5) is 0 Å². The summed E-state index contributed by atoms with van der Waals surface area (Å²) in [5.74, 6) is 0.532. The number of fused-ring (bicyclic) bond motifs is 3. The Morgan fingerprint density at radius 3 is 2.60 bits per heavy atom. The van der Waals surface area contributed by atoms with Crippen molar-refractivity contribution in [3.8, 4) is 0 Å². The molecule has 0 radical (unpaired) electrons. The van der Waals surface area contributed by atoms with Crippen molar-refractivity contribution in [3.05, 3.63) is 0 Å². The van der Waals surface area contributed by atoms with E-state index < -0.39 is 11.8 Å².